The maximum absolute atomic E-state index is 8.42. The summed E-state index contributed by atoms with van der Waals surface area (Å²) in [5, 5.41) is 11.3. The Morgan fingerprint density at radius 2 is 2.44 bits per heavy atom. The number of rotatable bonds is 0. The molecule has 0 radical (unpaired) electrons. The van der Waals surface area contributed by atoms with Gasteiger partial charge in [0.15, 0.2) is 0 Å². The van der Waals surface area contributed by atoms with Crippen LogP contribution in [0.1, 0.15) is 13.3 Å². The third-order valence-corrected chi connectivity index (χ3v) is 1.20. The molecular weight excluding hydrogens is 112 g/mol. The van der Waals surface area contributed by atoms with E-state index in [1.165, 1.54) is 5.57 Å². The number of dihydropyridines is 1. The van der Waals surface area contributed by atoms with Gasteiger partial charge in [-0.1, -0.05) is 5.57 Å². The van der Waals surface area contributed by atoms with Gasteiger partial charge in [0, 0.05) is 18.2 Å². The Morgan fingerprint density at radius 1 is 1.67 bits per heavy atom. The number of nitrogens with one attached hydrogen (secondary N) is 1. The zero-order valence-corrected chi connectivity index (χ0v) is 5.31. The Bertz CT molecular complexity index is 205. The van der Waals surface area contributed by atoms with Gasteiger partial charge in [-0.25, -0.2) is 0 Å². The molecule has 46 valence electrons. The zero-order chi connectivity index (χ0) is 6.69. The van der Waals surface area contributed by atoms with Crippen LogP contribution < -0.4 is 5.32 Å². The molecule has 0 aliphatic carbocycles. The van der Waals surface area contributed by atoms with E-state index >= 15 is 0 Å². The molecule has 1 aliphatic heterocycles. The van der Waals surface area contributed by atoms with E-state index in [9.17, 15) is 0 Å². The second-order valence-corrected chi connectivity index (χ2v) is 2.12. The lowest BCUT2D eigenvalue weighted by atomic mass is 10.1. The predicted molar refractivity (Wildman–Crippen MR) is 35.2 cm³/mol. The average Bonchev–Trinajstić information content (AvgIpc) is 1.88. The molecule has 1 aliphatic rings. The second kappa shape index (κ2) is 2.36. The molecule has 0 amide bonds. The second-order valence-electron chi connectivity index (χ2n) is 2.12. The zero-order valence-electron chi connectivity index (χ0n) is 5.31. The molecule has 0 fully saturated rings. The van der Waals surface area contributed by atoms with Crippen LogP contribution in [0, 0.1) is 11.3 Å². The van der Waals surface area contributed by atoms with Crippen LogP contribution in [-0.2, 0) is 0 Å². The first-order valence-electron chi connectivity index (χ1n) is 2.84. The molecule has 1 rings (SSSR count). The minimum Gasteiger partial charge on any atom is -0.367 e. The highest BCUT2D eigenvalue weighted by Crippen LogP contribution is 2.10. The Labute approximate surface area is 54.5 Å². The lowest BCUT2D eigenvalue weighted by Gasteiger charge is -2.05. The molecule has 1 heterocycles. The van der Waals surface area contributed by atoms with Gasteiger partial charge in [0.1, 0.15) is 0 Å². The molecule has 0 atom stereocenters. The van der Waals surface area contributed by atoms with E-state index in [0.29, 0.717) is 0 Å². The molecule has 0 saturated carbocycles. The maximum Gasteiger partial charge on any atom is 0.0965 e. The van der Waals surface area contributed by atoms with Crippen LogP contribution >= 0.6 is 0 Å². The van der Waals surface area contributed by atoms with Gasteiger partial charge in [0.2, 0.25) is 0 Å². The van der Waals surface area contributed by atoms with Gasteiger partial charge in [0.25, 0.3) is 0 Å². The van der Waals surface area contributed by atoms with Crippen molar-refractivity contribution in [3.8, 4) is 6.07 Å². The van der Waals surface area contributed by atoms with Crippen LogP contribution in [0.3, 0.4) is 0 Å². The summed E-state index contributed by atoms with van der Waals surface area (Å²) in [5.74, 6) is 0. The van der Waals surface area contributed by atoms with E-state index in [0.717, 1.165) is 12.0 Å². The number of nitrogens with zero attached hydrogens (tertiary/aromatic N) is 1. The first kappa shape index (κ1) is 5.90. The summed E-state index contributed by atoms with van der Waals surface area (Å²) in [6.45, 7) is 2.00. The number of hydrogen-bond acceptors (Lipinski definition) is 2. The van der Waals surface area contributed by atoms with Crippen LogP contribution in [0.4, 0.5) is 0 Å². The average molecular weight is 120 g/mol. The fraction of sp³-hybridized carbons (Fsp3) is 0.286. The lowest BCUT2D eigenvalue weighted by molar-refractivity contribution is 1.00. The highest BCUT2D eigenvalue weighted by molar-refractivity contribution is 5.29. The highest BCUT2D eigenvalue weighted by atomic mass is 14.8. The van der Waals surface area contributed by atoms with E-state index in [1.807, 2.05) is 13.1 Å². The summed E-state index contributed by atoms with van der Waals surface area (Å²) < 4.78 is 0. The van der Waals surface area contributed by atoms with Crippen LogP contribution in [-0.4, -0.2) is 0 Å². The largest absolute Gasteiger partial charge is 0.367 e. The summed E-state index contributed by atoms with van der Waals surface area (Å²) in [4.78, 5) is 0. The van der Waals surface area contributed by atoms with Gasteiger partial charge < -0.3 is 5.32 Å². The van der Waals surface area contributed by atoms with Gasteiger partial charge in [0.05, 0.1) is 6.07 Å². The molecule has 2 heteroatoms. The van der Waals surface area contributed by atoms with Crippen molar-refractivity contribution in [2.45, 2.75) is 13.3 Å². The topological polar surface area (TPSA) is 35.8 Å². The molecule has 0 aromatic carbocycles. The summed E-state index contributed by atoms with van der Waals surface area (Å²) in [6, 6.07) is 2.09. The van der Waals surface area contributed by atoms with Crippen LogP contribution in [0.2, 0.25) is 0 Å². The predicted octanol–water partition coefficient (Wildman–Crippen LogP) is 1.29. The van der Waals surface area contributed by atoms with Gasteiger partial charge in [-0.15, -0.1) is 0 Å². The fourth-order valence-electron chi connectivity index (χ4n) is 0.759. The van der Waals surface area contributed by atoms with Crippen molar-refractivity contribution in [3.05, 3.63) is 23.5 Å². The highest BCUT2D eigenvalue weighted by Gasteiger charge is 1.99. The molecular formula is C7H8N2. The number of allylic oxidation sites excluding steroid dienone is 2. The van der Waals surface area contributed by atoms with E-state index in [1.54, 1.807) is 6.20 Å². The van der Waals surface area contributed by atoms with Crippen LogP contribution in [0.15, 0.2) is 23.5 Å². The third-order valence-electron chi connectivity index (χ3n) is 1.20. The molecule has 1 N–H and O–H groups in total. The molecule has 2 nitrogen and oxygen atoms in total. The standard InChI is InChI=1S/C7H8N2/c1-6-2-7(3-8)5-9-4-6/h4-5,9H,2H2,1H3. The lowest BCUT2D eigenvalue weighted by Crippen LogP contribution is -2.02. The minimum atomic E-state index is 0.795. The summed E-state index contributed by atoms with van der Waals surface area (Å²) in [5.41, 5.74) is 2.00. The van der Waals surface area contributed by atoms with Crippen LogP contribution in [0.5, 0.6) is 0 Å². The Balaban J connectivity index is 2.65. The molecule has 0 bridgehead atoms. The molecule has 0 aromatic heterocycles. The van der Waals surface area contributed by atoms with Gasteiger partial charge >= 0.3 is 0 Å². The number of hydrogen-bond donors (Lipinski definition) is 1. The Kier molecular flexibility index (Phi) is 1.55. The van der Waals surface area contributed by atoms with Crippen molar-refractivity contribution in [2.24, 2.45) is 0 Å². The van der Waals surface area contributed by atoms with Crippen molar-refractivity contribution in [2.75, 3.05) is 0 Å². The van der Waals surface area contributed by atoms with E-state index in [-0.39, 0.29) is 0 Å². The Hall–Kier alpha value is -1.23. The van der Waals surface area contributed by atoms with Crippen molar-refractivity contribution in [1.82, 2.24) is 5.32 Å². The molecule has 0 unspecified atom stereocenters. The maximum atomic E-state index is 8.42. The minimum absolute atomic E-state index is 0.795. The van der Waals surface area contributed by atoms with Crippen molar-refractivity contribution in [3.63, 3.8) is 0 Å². The van der Waals surface area contributed by atoms with E-state index in [2.05, 4.69) is 11.4 Å². The SMILES string of the molecule is CC1=CNC=C(C#N)C1. The van der Waals surface area contributed by atoms with Crippen molar-refractivity contribution < 1.29 is 0 Å². The molecule has 0 aromatic rings. The molecule has 9 heavy (non-hydrogen) atoms. The van der Waals surface area contributed by atoms with Crippen molar-refractivity contribution >= 4 is 0 Å². The normalized spacial score (nSPS) is 16.9. The smallest absolute Gasteiger partial charge is 0.0965 e. The van der Waals surface area contributed by atoms with Crippen LogP contribution in [0.25, 0.3) is 0 Å². The van der Waals surface area contributed by atoms with Gasteiger partial charge in [-0.3, -0.25) is 0 Å². The summed E-state index contributed by atoms with van der Waals surface area (Å²) >= 11 is 0. The monoisotopic (exact) mass is 120 g/mol. The van der Waals surface area contributed by atoms with Crippen molar-refractivity contribution in [1.29, 1.82) is 5.26 Å². The number of nitriles is 1. The first-order valence-corrected chi connectivity index (χ1v) is 2.84. The first-order chi connectivity index (χ1) is 4.33. The molecule has 0 spiro atoms. The Morgan fingerprint density at radius 3 is 2.89 bits per heavy atom. The molecule has 0 saturated heterocycles. The summed E-state index contributed by atoms with van der Waals surface area (Å²) in [7, 11) is 0. The van der Waals surface area contributed by atoms with E-state index in [4.69, 9.17) is 5.26 Å². The summed E-state index contributed by atoms with van der Waals surface area (Å²) in [6.07, 6.45) is 4.43. The fourth-order valence-corrected chi connectivity index (χ4v) is 0.759. The van der Waals surface area contributed by atoms with Gasteiger partial charge in [-0.05, 0) is 13.1 Å². The third kappa shape index (κ3) is 1.33. The van der Waals surface area contributed by atoms with Gasteiger partial charge in [-0.2, -0.15) is 5.26 Å². The van der Waals surface area contributed by atoms with E-state index < -0.39 is 0 Å². The quantitative estimate of drug-likeness (QED) is 0.523.